The number of aryl methyl sites for hydroxylation is 1. The largest absolute Gasteiger partial charge is 0.393 e. The Bertz CT molecular complexity index is 1090. The fourth-order valence-corrected chi connectivity index (χ4v) is 3.75. The van der Waals surface area contributed by atoms with Gasteiger partial charge in [-0.25, -0.2) is 0 Å². The maximum atomic E-state index is 12.5. The Morgan fingerprint density at radius 2 is 1.85 bits per heavy atom. The molecule has 0 spiro atoms. The summed E-state index contributed by atoms with van der Waals surface area (Å²) in [5.41, 5.74) is 2.68. The molecule has 2 heterocycles. The molecule has 1 unspecified atom stereocenters. The highest BCUT2D eigenvalue weighted by atomic mass is 35.5. The molecule has 4 rings (SSSR count). The Morgan fingerprint density at radius 3 is 2.54 bits per heavy atom. The average molecular weight is 371 g/mol. The molecule has 6 nitrogen and oxygen atoms in total. The number of hydrogen-bond donors (Lipinski definition) is 3. The van der Waals surface area contributed by atoms with Gasteiger partial charge in [-0.1, -0.05) is 29.8 Å². The van der Waals surface area contributed by atoms with Gasteiger partial charge in [0, 0.05) is 40.3 Å². The summed E-state index contributed by atoms with van der Waals surface area (Å²) >= 11 is 6.32. The Hall–Kier alpha value is -2.67. The third-order valence-corrected chi connectivity index (χ3v) is 5.01. The number of fused-ring (bicyclic) bond motifs is 3. The van der Waals surface area contributed by atoms with Gasteiger partial charge in [-0.05, 0) is 17.7 Å². The Morgan fingerprint density at radius 1 is 1.15 bits per heavy atom. The van der Waals surface area contributed by atoms with E-state index in [0.29, 0.717) is 32.6 Å². The Labute approximate surface area is 153 Å². The van der Waals surface area contributed by atoms with Crippen molar-refractivity contribution in [3.8, 4) is 11.1 Å². The normalized spacial score (nSPS) is 14.6. The summed E-state index contributed by atoms with van der Waals surface area (Å²) in [6.45, 7) is -0.490. The zero-order valence-electron chi connectivity index (χ0n) is 13.8. The first-order chi connectivity index (χ1) is 12.4. The van der Waals surface area contributed by atoms with E-state index in [1.165, 1.54) is 0 Å². The second kappa shape index (κ2) is 5.95. The second-order valence-electron chi connectivity index (χ2n) is 6.23. The number of aliphatic hydroxyl groups is 2. The molecular weight excluding hydrogens is 356 g/mol. The van der Waals surface area contributed by atoms with E-state index in [4.69, 9.17) is 11.6 Å². The maximum absolute atomic E-state index is 12.5. The molecule has 132 valence electrons. The average Bonchev–Trinajstić information content (AvgIpc) is 3.11. The van der Waals surface area contributed by atoms with Gasteiger partial charge in [-0.2, -0.15) is 0 Å². The lowest BCUT2D eigenvalue weighted by Crippen LogP contribution is -2.20. The standard InChI is InChI=1S/C19H15ClN2O4/c1-22-7-11(14(24)8-23)15-13(22)6-10(9-4-2-3-5-12(9)20)16-17(15)19(26)21-18(16)25/h2-7,14,23-24H,8H2,1H3,(H,21,25,26). The molecule has 1 atom stereocenters. The number of imide groups is 1. The van der Waals surface area contributed by atoms with Gasteiger partial charge in [-0.15, -0.1) is 0 Å². The van der Waals surface area contributed by atoms with Crippen molar-refractivity contribution in [1.82, 2.24) is 9.88 Å². The van der Waals surface area contributed by atoms with E-state index < -0.39 is 24.5 Å². The highest BCUT2D eigenvalue weighted by Gasteiger charge is 2.35. The lowest BCUT2D eigenvalue weighted by molar-refractivity contribution is 0.0880. The van der Waals surface area contributed by atoms with E-state index in [9.17, 15) is 19.8 Å². The van der Waals surface area contributed by atoms with E-state index in [1.54, 1.807) is 48.1 Å². The third kappa shape index (κ3) is 2.27. The summed E-state index contributed by atoms with van der Waals surface area (Å²) in [6.07, 6.45) is 0.496. The molecule has 0 radical (unpaired) electrons. The zero-order chi connectivity index (χ0) is 18.6. The van der Waals surface area contributed by atoms with Gasteiger partial charge in [0.15, 0.2) is 0 Å². The summed E-state index contributed by atoms with van der Waals surface area (Å²) < 4.78 is 1.75. The molecule has 2 amide bonds. The first kappa shape index (κ1) is 16.8. The van der Waals surface area contributed by atoms with E-state index in [0.717, 1.165) is 0 Å². The van der Waals surface area contributed by atoms with Crippen molar-refractivity contribution in [2.75, 3.05) is 6.61 Å². The molecule has 0 saturated carbocycles. The van der Waals surface area contributed by atoms with Gasteiger partial charge in [0.25, 0.3) is 11.8 Å². The minimum atomic E-state index is -1.16. The fraction of sp³-hybridized carbons (Fsp3) is 0.158. The number of amides is 2. The molecule has 1 aromatic heterocycles. The van der Waals surface area contributed by atoms with Crippen LogP contribution in [0.1, 0.15) is 32.4 Å². The highest BCUT2D eigenvalue weighted by Crippen LogP contribution is 2.40. The molecule has 7 heteroatoms. The topological polar surface area (TPSA) is 91.6 Å². The van der Waals surface area contributed by atoms with Crippen molar-refractivity contribution >= 4 is 34.3 Å². The van der Waals surface area contributed by atoms with Crippen LogP contribution in [0.2, 0.25) is 5.02 Å². The molecule has 0 saturated heterocycles. The van der Waals surface area contributed by atoms with Crippen LogP contribution in [0.15, 0.2) is 36.5 Å². The van der Waals surface area contributed by atoms with Crippen LogP contribution in [-0.2, 0) is 7.05 Å². The molecule has 1 aliphatic rings. The van der Waals surface area contributed by atoms with Crippen LogP contribution < -0.4 is 5.32 Å². The Kier molecular flexibility index (Phi) is 3.84. The number of aromatic nitrogens is 1. The van der Waals surface area contributed by atoms with Gasteiger partial charge in [0.05, 0.1) is 17.7 Å². The van der Waals surface area contributed by atoms with Gasteiger partial charge in [0.2, 0.25) is 0 Å². The lowest BCUT2D eigenvalue weighted by Gasteiger charge is -2.12. The fourth-order valence-electron chi connectivity index (χ4n) is 3.52. The number of nitrogens with zero attached hydrogens (tertiary/aromatic N) is 1. The molecule has 26 heavy (non-hydrogen) atoms. The first-order valence-corrected chi connectivity index (χ1v) is 8.37. The molecular formula is C19H15ClN2O4. The molecule has 0 fully saturated rings. The van der Waals surface area contributed by atoms with Gasteiger partial charge >= 0.3 is 0 Å². The van der Waals surface area contributed by atoms with Crippen molar-refractivity contribution in [3.05, 3.63) is 58.2 Å². The number of nitrogens with one attached hydrogen (secondary N) is 1. The van der Waals surface area contributed by atoms with Crippen LogP contribution in [0.3, 0.4) is 0 Å². The van der Waals surface area contributed by atoms with Gasteiger partial charge in [0.1, 0.15) is 6.10 Å². The van der Waals surface area contributed by atoms with Crippen LogP contribution in [0.4, 0.5) is 0 Å². The van der Waals surface area contributed by atoms with Crippen molar-refractivity contribution in [1.29, 1.82) is 0 Å². The molecule has 0 bridgehead atoms. The summed E-state index contributed by atoms with van der Waals surface area (Å²) in [5.74, 6) is -1.03. The minimum Gasteiger partial charge on any atom is -0.393 e. The van der Waals surface area contributed by atoms with Gasteiger partial charge in [-0.3, -0.25) is 14.9 Å². The molecule has 1 aliphatic heterocycles. The quantitative estimate of drug-likeness (QED) is 0.617. The predicted octanol–water partition coefficient (Wildman–Crippen LogP) is 2.41. The van der Waals surface area contributed by atoms with Crippen LogP contribution in [0.25, 0.3) is 22.0 Å². The molecule has 3 N–H and O–H groups in total. The zero-order valence-corrected chi connectivity index (χ0v) is 14.5. The smallest absolute Gasteiger partial charge is 0.259 e. The minimum absolute atomic E-state index is 0.200. The van der Waals surface area contributed by atoms with Crippen LogP contribution in [0.5, 0.6) is 0 Å². The van der Waals surface area contributed by atoms with E-state index >= 15 is 0 Å². The lowest BCUT2D eigenvalue weighted by atomic mass is 9.92. The van der Waals surface area contributed by atoms with Crippen LogP contribution in [-0.4, -0.2) is 33.2 Å². The molecule has 0 aliphatic carbocycles. The van der Waals surface area contributed by atoms with Gasteiger partial charge < -0.3 is 14.8 Å². The van der Waals surface area contributed by atoms with Crippen molar-refractivity contribution in [2.24, 2.45) is 7.05 Å². The number of aliphatic hydroxyl groups excluding tert-OH is 2. The van der Waals surface area contributed by atoms with E-state index in [-0.39, 0.29) is 11.1 Å². The first-order valence-electron chi connectivity index (χ1n) is 7.99. The number of rotatable bonds is 3. The van der Waals surface area contributed by atoms with Crippen molar-refractivity contribution in [2.45, 2.75) is 6.10 Å². The SMILES string of the molecule is Cn1cc(C(O)CO)c2c3c(c(-c4ccccc4Cl)cc21)C(=O)NC3=O. The number of carbonyl (C=O) groups is 2. The number of carbonyl (C=O) groups excluding carboxylic acids is 2. The van der Waals surface area contributed by atoms with Crippen LogP contribution in [0, 0.1) is 0 Å². The number of halogens is 1. The van der Waals surface area contributed by atoms with Crippen molar-refractivity contribution < 1.29 is 19.8 Å². The summed E-state index contributed by atoms with van der Waals surface area (Å²) in [4.78, 5) is 25.0. The summed E-state index contributed by atoms with van der Waals surface area (Å²) in [5, 5.41) is 22.7. The predicted molar refractivity (Wildman–Crippen MR) is 97.2 cm³/mol. The molecule has 2 aromatic carbocycles. The van der Waals surface area contributed by atoms with Crippen molar-refractivity contribution in [3.63, 3.8) is 0 Å². The van der Waals surface area contributed by atoms with E-state index in [1.807, 2.05) is 0 Å². The summed E-state index contributed by atoms with van der Waals surface area (Å²) in [6, 6.07) is 8.87. The highest BCUT2D eigenvalue weighted by molar-refractivity contribution is 6.35. The monoisotopic (exact) mass is 370 g/mol. The Balaban J connectivity index is 2.16. The van der Waals surface area contributed by atoms with E-state index in [2.05, 4.69) is 5.32 Å². The summed E-state index contributed by atoms with van der Waals surface area (Å²) in [7, 11) is 1.77. The maximum Gasteiger partial charge on any atom is 0.259 e. The molecule has 3 aromatic rings. The number of hydrogen-bond acceptors (Lipinski definition) is 4. The third-order valence-electron chi connectivity index (χ3n) is 4.69. The second-order valence-corrected chi connectivity index (χ2v) is 6.63. The van der Waals surface area contributed by atoms with Crippen LogP contribution >= 0.6 is 11.6 Å². The number of benzene rings is 2.